The number of allylic oxidation sites excluding steroid dienone is 2. The lowest BCUT2D eigenvalue weighted by Crippen LogP contribution is -2.18. The first-order valence-electron chi connectivity index (χ1n) is 7.08. The van der Waals surface area contributed by atoms with Gasteiger partial charge in [0, 0.05) is 27.5 Å². The molecule has 3 aromatic rings. The summed E-state index contributed by atoms with van der Waals surface area (Å²) in [4.78, 5) is 8.25. The van der Waals surface area contributed by atoms with E-state index in [9.17, 15) is 0 Å². The fraction of sp³-hybridized carbons (Fsp3) is 0.0556. The highest BCUT2D eigenvalue weighted by molar-refractivity contribution is 6.17. The van der Waals surface area contributed by atoms with E-state index in [4.69, 9.17) is 10.3 Å². The normalized spacial score (nSPS) is 19.2. The predicted molar refractivity (Wildman–Crippen MR) is 88.0 cm³/mol. The molecule has 1 aliphatic carbocycles. The van der Waals surface area contributed by atoms with Crippen molar-refractivity contribution >= 4 is 38.9 Å². The van der Waals surface area contributed by atoms with Crippen LogP contribution in [-0.2, 0) is 0 Å². The molecule has 100 valence electrons. The number of aliphatic imine (C=N–C) groups is 1. The Balaban J connectivity index is 1.85. The van der Waals surface area contributed by atoms with Gasteiger partial charge in [0.2, 0.25) is 0 Å². The number of hydrogen-bond donors (Lipinski definition) is 1. The average Bonchev–Trinajstić information content (AvgIpc) is 2.92. The third kappa shape index (κ3) is 1.46. The van der Waals surface area contributed by atoms with Crippen LogP contribution in [0.25, 0.3) is 27.1 Å². The Bertz CT molecular complexity index is 973. The molecule has 5 rings (SSSR count). The zero-order chi connectivity index (χ0) is 13.8. The maximum Gasteiger partial charge on any atom is 0.0504 e. The Morgan fingerprint density at radius 1 is 1.00 bits per heavy atom. The predicted octanol–water partition coefficient (Wildman–Crippen LogP) is 4.91. The average molecular weight is 270 g/mol. The van der Waals surface area contributed by atoms with E-state index in [1.165, 1.54) is 10.8 Å². The summed E-state index contributed by atoms with van der Waals surface area (Å²) in [6, 6.07) is 12.6. The van der Waals surface area contributed by atoms with Gasteiger partial charge in [-0.25, -0.2) is 0 Å². The molecule has 2 aromatic carbocycles. The first kappa shape index (κ1) is 10.9. The Morgan fingerprint density at radius 2 is 1.95 bits per heavy atom. The lowest BCUT2D eigenvalue weighted by molar-refractivity contribution is 1.20. The molecule has 2 heterocycles. The largest absolute Gasteiger partial charge is 0.670 e. The standard InChI is InChI=1S/C18H12N3/c1-2-6-13-11(5-1)12-9-10-16-18(17(12)20-13)21-15-8-4-3-7-14(15)19-16/h1-10,15,20H/q-1. The Morgan fingerprint density at radius 3 is 2.95 bits per heavy atom. The molecular weight excluding hydrogens is 258 g/mol. The van der Waals surface area contributed by atoms with Crippen LogP contribution in [0, 0.1) is 0 Å². The Kier molecular flexibility index (Phi) is 2.00. The second kappa shape index (κ2) is 3.85. The highest BCUT2D eigenvalue weighted by Gasteiger charge is 2.14. The topological polar surface area (TPSA) is 42.2 Å². The maximum atomic E-state index is 4.89. The number of benzene rings is 2. The van der Waals surface area contributed by atoms with Gasteiger partial charge in [-0.05, 0) is 18.2 Å². The van der Waals surface area contributed by atoms with Crippen molar-refractivity contribution in [2.45, 2.75) is 6.04 Å². The van der Waals surface area contributed by atoms with E-state index in [0.29, 0.717) is 0 Å². The molecule has 3 heteroatoms. The number of nitrogens with zero attached hydrogens (tertiary/aromatic N) is 2. The maximum absolute atomic E-state index is 4.89. The first-order chi connectivity index (χ1) is 10.4. The van der Waals surface area contributed by atoms with Gasteiger partial charge in [0.1, 0.15) is 0 Å². The van der Waals surface area contributed by atoms with Gasteiger partial charge in [0.25, 0.3) is 0 Å². The number of H-pyrrole nitrogens is 1. The minimum Gasteiger partial charge on any atom is -0.670 e. The molecule has 0 bridgehead atoms. The van der Waals surface area contributed by atoms with Crippen molar-refractivity contribution in [1.82, 2.24) is 4.98 Å². The van der Waals surface area contributed by atoms with Gasteiger partial charge in [-0.15, -0.1) is 0 Å². The smallest absolute Gasteiger partial charge is 0.0504 e. The van der Waals surface area contributed by atoms with Crippen LogP contribution in [-0.4, -0.2) is 16.7 Å². The second-order valence-electron chi connectivity index (χ2n) is 5.38. The third-order valence-corrected chi connectivity index (χ3v) is 4.13. The summed E-state index contributed by atoms with van der Waals surface area (Å²) in [5.41, 5.74) is 5.16. The van der Waals surface area contributed by atoms with Crippen LogP contribution in [0.2, 0.25) is 0 Å². The molecule has 1 unspecified atom stereocenters. The molecule has 0 fully saturated rings. The van der Waals surface area contributed by atoms with Crippen molar-refractivity contribution < 1.29 is 0 Å². The number of nitrogens with one attached hydrogen (secondary N) is 1. The van der Waals surface area contributed by atoms with Crippen LogP contribution in [0.4, 0.5) is 11.4 Å². The zero-order valence-corrected chi connectivity index (χ0v) is 11.2. The summed E-state index contributed by atoms with van der Waals surface area (Å²) in [5.74, 6) is 0. The fourth-order valence-corrected chi connectivity index (χ4v) is 3.13. The summed E-state index contributed by atoms with van der Waals surface area (Å²) in [6.45, 7) is 0. The molecule has 1 atom stereocenters. The number of rotatable bonds is 0. The van der Waals surface area contributed by atoms with E-state index < -0.39 is 0 Å². The van der Waals surface area contributed by atoms with Crippen molar-refractivity contribution in [3.63, 3.8) is 0 Å². The molecule has 1 N–H and O–H groups in total. The SMILES string of the molecule is C1=CC2=Nc3ccc4c([nH]c5ccccc54)c3[N-]C2C=C1. The van der Waals surface area contributed by atoms with E-state index in [2.05, 4.69) is 41.4 Å². The van der Waals surface area contributed by atoms with Gasteiger partial charge in [0.15, 0.2) is 0 Å². The molecule has 0 amide bonds. The van der Waals surface area contributed by atoms with Gasteiger partial charge in [-0.1, -0.05) is 54.2 Å². The van der Waals surface area contributed by atoms with Crippen LogP contribution < -0.4 is 0 Å². The molecule has 3 nitrogen and oxygen atoms in total. The third-order valence-electron chi connectivity index (χ3n) is 4.13. The van der Waals surface area contributed by atoms with E-state index in [-0.39, 0.29) is 6.04 Å². The van der Waals surface area contributed by atoms with Gasteiger partial charge >= 0.3 is 0 Å². The van der Waals surface area contributed by atoms with E-state index in [0.717, 1.165) is 28.1 Å². The van der Waals surface area contributed by atoms with Crippen LogP contribution in [0.1, 0.15) is 0 Å². The molecular formula is C18H12N3-. The lowest BCUT2D eigenvalue weighted by atomic mass is 10.0. The Hall–Kier alpha value is -2.81. The van der Waals surface area contributed by atoms with Crippen molar-refractivity contribution in [2.24, 2.45) is 4.99 Å². The zero-order valence-electron chi connectivity index (χ0n) is 11.2. The molecule has 0 saturated carbocycles. The molecule has 0 saturated heterocycles. The molecule has 2 aliphatic rings. The highest BCUT2D eigenvalue weighted by atomic mass is 15.0. The summed E-state index contributed by atoms with van der Waals surface area (Å²) < 4.78 is 0. The van der Waals surface area contributed by atoms with E-state index >= 15 is 0 Å². The van der Waals surface area contributed by atoms with Crippen LogP contribution >= 0.6 is 0 Å². The molecule has 1 aliphatic heterocycles. The van der Waals surface area contributed by atoms with Crippen LogP contribution in [0.15, 0.2) is 65.7 Å². The second-order valence-corrected chi connectivity index (χ2v) is 5.38. The molecule has 0 radical (unpaired) electrons. The van der Waals surface area contributed by atoms with Gasteiger partial charge < -0.3 is 10.3 Å². The van der Waals surface area contributed by atoms with Crippen LogP contribution in [0.5, 0.6) is 0 Å². The van der Waals surface area contributed by atoms with E-state index in [1.54, 1.807) is 0 Å². The summed E-state index contributed by atoms with van der Waals surface area (Å²) >= 11 is 0. The quantitative estimate of drug-likeness (QED) is 0.603. The van der Waals surface area contributed by atoms with Crippen molar-refractivity contribution in [1.29, 1.82) is 0 Å². The minimum absolute atomic E-state index is 0.0412. The number of fused-ring (bicyclic) bond motifs is 6. The van der Waals surface area contributed by atoms with Crippen molar-refractivity contribution in [3.8, 4) is 0 Å². The van der Waals surface area contributed by atoms with Crippen molar-refractivity contribution in [3.05, 3.63) is 66.0 Å². The Labute approximate surface area is 121 Å². The number of aromatic nitrogens is 1. The number of hydrogen-bond acceptors (Lipinski definition) is 1. The number of aromatic amines is 1. The summed E-state index contributed by atoms with van der Waals surface area (Å²) in [5, 5.41) is 7.34. The molecule has 21 heavy (non-hydrogen) atoms. The van der Waals surface area contributed by atoms with Gasteiger partial charge in [0.05, 0.1) is 5.69 Å². The van der Waals surface area contributed by atoms with E-state index in [1.807, 2.05) is 24.3 Å². The monoisotopic (exact) mass is 270 g/mol. The summed E-state index contributed by atoms with van der Waals surface area (Å²) in [6.07, 6.45) is 8.16. The molecule has 0 spiro atoms. The lowest BCUT2D eigenvalue weighted by Gasteiger charge is -2.37. The molecule has 1 aromatic heterocycles. The summed E-state index contributed by atoms with van der Waals surface area (Å²) in [7, 11) is 0. The number of para-hydroxylation sites is 1. The minimum atomic E-state index is 0.0412. The van der Waals surface area contributed by atoms with Gasteiger partial charge in [-0.3, -0.25) is 4.99 Å². The van der Waals surface area contributed by atoms with Crippen molar-refractivity contribution in [2.75, 3.05) is 0 Å². The fourth-order valence-electron chi connectivity index (χ4n) is 3.13. The first-order valence-corrected chi connectivity index (χ1v) is 7.08. The van der Waals surface area contributed by atoms with Gasteiger partial charge in [-0.2, -0.15) is 0 Å². The highest BCUT2D eigenvalue weighted by Crippen LogP contribution is 2.45. The van der Waals surface area contributed by atoms with Crippen LogP contribution in [0.3, 0.4) is 0 Å².